The molecule has 0 bridgehead atoms. The maximum Gasteiger partial charge on any atom is 0.250 e. The highest BCUT2D eigenvalue weighted by molar-refractivity contribution is 7.91. The average Bonchev–Trinajstić information content (AvgIpc) is 2.93. The first-order valence-corrected chi connectivity index (χ1v) is 9.16. The average molecular weight is 324 g/mol. The summed E-state index contributed by atoms with van der Waals surface area (Å²) in [5.74, 6) is 0. The Morgan fingerprint density at radius 3 is 2.67 bits per heavy atom. The molecule has 1 heterocycles. The molecule has 0 aliphatic carbocycles. The van der Waals surface area contributed by atoms with Crippen molar-refractivity contribution in [1.29, 1.82) is 0 Å². The van der Waals surface area contributed by atoms with Crippen molar-refractivity contribution in [3.8, 4) is 0 Å². The summed E-state index contributed by atoms with van der Waals surface area (Å²) in [5, 5.41) is 3.19. The molecule has 1 aromatic heterocycles. The van der Waals surface area contributed by atoms with Crippen LogP contribution < -0.4 is 10.0 Å². The molecule has 0 aliphatic rings. The second-order valence-corrected chi connectivity index (χ2v) is 7.98. The van der Waals surface area contributed by atoms with Crippen molar-refractivity contribution in [2.45, 2.75) is 31.1 Å². The molecular weight excluding hydrogens is 304 g/mol. The third-order valence-corrected chi connectivity index (χ3v) is 5.98. The predicted octanol–water partition coefficient (Wildman–Crippen LogP) is 2.64. The molecule has 21 heavy (non-hydrogen) atoms. The largest absolute Gasteiger partial charge is 0.312 e. The maximum atomic E-state index is 12.3. The van der Waals surface area contributed by atoms with Gasteiger partial charge in [-0.05, 0) is 31.2 Å². The lowest BCUT2D eigenvalue weighted by Gasteiger charge is -2.05. The van der Waals surface area contributed by atoms with Crippen molar-refractivity contribution in [2.24, 2.45) is 0 Å². The number of rotatable bonds is 7. The van der Waals surface area contributed by atoms with Crippen LogP contribution in [0.5, 0.6) is 0 Å². The predicted molar refractivity (Wildman–Crippen MR) is 86.9 cm³/mol. The van der Waals surface area contributed by atoms with Gasteiger partial charge in [-0.2, -0.15) is 0 Å². The van der Waals surface area contributed by atoms with Crippen LogP contribution in [0.2, 0.25) is 0 Å². The number of nitrogens with one attached hydrogen (secondary N) is 2. The summed E-state index contributed by atoms with van der Waals surface area (Å²) in [6.45, 7) is 5.89. The lowest BCUT2D eigenvalue weighted by molar-refractivity contribution is 0.583. The highest BCUT2D eigenvalue weighted by Crippen LogP contribution is 2.21. The molecule has 114 valence electrons. The molecule has 2 aromatic rings. The molecule has 0 fully saturated rings. The van der Waals surface area contributed by atoms with Gasteiger partial charge in [0.25, 0.3) is 0 Å². The smallest absolute Gasteiger partial charge is 0.250 e. The zero-order valence-electron chi connectivity index (χ0n) is 12.2. The number of benzene rings is 1. The summed E-state index contributed by atoms with van der Waals surface area (Å²) in [5.41, 5.74) is 2.08. The Morgan fingerprint density at radius 1 is 1.14 bits per heavy atom. The van der Waals surface area contributed by atoms with Gasteiger partial charge in [-0.1, -0.05) is 36.8 Å². The molecule has 0 aliphatic heterocycles. The second kappa shape index (κ2) is 7.17. The van der Waals surface area contributed by atoms with Gasteiger partial charge in [0.05, 0.1) is 0 Å². The summed E-state index contributed by atoms with van der Waals surface area (Å²) < 4.78 is 27.5. The molecule has 0 amide bonds. The zero-order valence-corrected chi connectivity index (χ0v) is 13.9. The van der Waals surface area contributed by atoms with Crippen molar-refractivity contribution in [3.63, 3.8) is 0 Å². The Labute approximate surface area is 130 Å². The molecule has 4 nitrogen and oxygen atoms in total. The zero-order chi connectivity index (χ0) is 15.3. The van der Waals surface area contributed by atoms with Gasteiger partial charge < -0.3 is 5.32 Å². The van der Waals surface area contributed by atoms with Crippen molar-refractivity contribution in [1.82, 2.24) is 10.0 Å². The van der Waals surface area contributed by atoms with E-state index < -0.39 is 10.0 Å². The van der Waals surface area contributed by atoms with E-state index in [0.717, 1.165) is 22.5 Å². The number of hydrogen-bond acceptors (Lipinski definition) is 4. The van der Waals surface area contributed by atoms with E-state index >= 15 is 0 Å². The lowest BCUT2D eigenvalue weighted by atomic mass is 10.1. The van der Waals surface area contributed by atoms with Gasteiger partial charge in [0.1, 0.15) is 4.21 Å². The van der Waals surface area contributed by atoms with E-state index in [0.29, 0.717) is 17.3 Å². The SMILES string of the molecule is CCNCc1ccc(S(=O)(=O)NCc2cccc(C)c2)s1. The van der Waals surface area contributed by atoms with Crippen molar-refractivity contribution < 1.29 is 8.42 Å². The standard InChI is InChI=1S/C15H20N2O2S2/c1-3-16-11-14-7-8-15(20-14)21(18,19)17-10-13-6-4-5-12(2)9-13/h4-9,16-17H,3,10-11H2,1-2H3. The van der Waals surface area contributed by atoms with Gasteiger partial charge in [0.15, 0.2) is 0 Å². The van der Waals surface area contributed by atoms with E-state index in [9.17, 15) is 8.42 Å². The Kier molecular flexibility index (Phi) is 5.52. The van der Waals surface area contributed by atoms with Gasteiger partial charge in [0, 0.05) is 18.0 Å². The number of aryl methyl sites for hydroxylation is 1. The minimum Gasteiger partial charge on any atom is -0.312 e. The molecule has 0 saturated carbocycles. The molecule has 6 heteroatoms. The fraction of sp³-hybridized carbons (Fsp3) is 0.333. The maximum absolute atomic E-state index is 12.3. The summed E-state index contributed by atoms with van der Waals surface area (Å²) in [6, 6.07) is 11.3. The minimum absolute atomic E-state index is 0.310. The van der Waals surface area contributed by atoms with Crippen LogP contribution in [0.15, 0.2) is 40.6 Å². The lowest BCUT2D eigenvalue weighted by Crippen LogP contribution is -2.22. The van der Waals surface area contributed by atoms with Gasteiger partial charge in [-0.3, -0.25) is 0 Å². The monoisotopic (exact) mass is 324 g/mol. The van der Waals surface area contributed by atoms with Crippen LogP contribution in [-0.4, -0.2) is 15.0 Å². The van der Waals surface area contributed by atoms with Gasteiger partial charge in [-0.25, -0.2) is 13.1 Å². The van der Waals surface area contributed by atoms with Crippen LogP contribution in [0.4, 0.5) is 0 Å². The number of sulfonamides is 1. The third kappa shape index (κ3) is 4.64. The number of hydrogen-bond donors (Lipinski definition) is 2. The summed E-state index contributed by atoms with van der Waals surface area (Å²) in [4.78, 5) is 1.02. The van der Waals surface area contributed by atoms with E-state index in [4.69, 9.17) is 0 Å². The molecule has 0 saturated heterocycles. The van der Waals surface area contributed by atoms with Crippen molar-refractivity contribution >= 4 is 21.4 Å². The first kappa shape index (κ1) is 16.2. The molecule has 1 aromatic carbocycles. The summed E-state index contributed by atoms with van der Waals surface area (Å²) in [7, 11) is -3.43. The van der Waals surface area contributed by atoms with Gasteiger partial charge in [-0.15, -0.1) is 11.3 Å². The van der Waals surface area contributed by atoms with Crippen LogP contribution in [0.3, 0.4) is 0 Å². The van der Waals surface area contributed by atoms with Gasteiger partial charge >= 0.3 is 0 Å². The van der Waals surface area contributed by atoms with Crippen LogP contribution in [-0.2, 0) is 23.1 Å². The van der Waals surface area contributed by atoms with E-state index in [1.165, 1.54) is 11.3 Å². The van der Waals surface area contributed by atoms with Crippen molar-refractivity contribution in [3.05, 3.63) is 52.4 Å². The molecule has 0 atom stereocenters. The Bertz CT molecular complexity index is 693. The second-order valence-electron chi connectivity index (χ2n) is 4.81. The fourth-order valence-corrected chi connectivity index (χ4v) is 4.31. The quantitative estimate of drug-likeness (QED) is 0.823. The fourth-order valence-electron chi connectivity index (χ4n) is 1.92. The highest BCUT2D eigenvalue weighted by Gasteiger charge is 2.16. The van der Waals surface area contributed by atoms with Crippen LogP contribution in [0, 0.1) is 6.92 Å². The Hall–Kier alpha value is -1.21. The molecule has 2 rings (SSSR count). The Morgan fingerprint density at radius 2 is 1.95 bits per heavy atom. The molecule has 0 radical (unpaired) electrons. The first-order chi connectivity index (χ1) is 10.0. The highest BCUT2D eigenvalue weighted by atomic mass is 32.2. The number of thiophene rings is 1. The van der Waals surface area contributed by atoms with Crippen LogP contribution in [0.1, 0.15) is 22.9 Å². The van der Waals surface area contributed by atoms with Gasteiger partial charge in [0.2, 0.25) is 10.0 Å². The first-order valence-electron chi connectivity index (χ1n) is 6.86. The van der Waals surface area contributed by atoms with E-state index in [2.05, 4.69) is 10.0 Å². The van der Waals surface area contributed by atoms with E-state index in [1.807, 2.05) is 44.2 Å². The van der Waals surface area contributed by atoms with E-state index in [1.54, 1.807) is 6.07 Å². The molecule has 2 N–H and O–H groups in total. The normalized spacial score (nSPS) is 11.7. The van der Waals surface area contributed by atoms with Crippen LogP contribution >= 0.6 is 11.3 Å². The van der Waals surface area contributed by atoms with Crippen molar-refractivity contribution in [2.75, 3.05) is 6.54 Å². The summed E-state index contributed by atoms with van der Waals surface area (Å²) >= 11 is 1.31. The topological polar surface area (TPSA) is 58.2 Å². The molecular formula is C15H20N2O2S2. The van der Waals surface area contributed by atoms with E-state index in [-0.39, 0.29) is 0 Å². The third-order valence-electron chi connectivity index (χ3n) is 3.00. The Balaban J connectivity index is 2.02. The molecule has 0 spiro atoms. The van der Waals surface area contributed by atoms with Crippen LogP contribution in [0.25, 0.3) is 0 Å². The minimum atomic E-state index is -3.43. The summed E-state index contributed by atoms with van der Waals surface area (Å²) in [6.07, 6.45) is 0. The molecule has 0 unspecified atom stereocenters.